The molecule has 1 amide bonds. The maximum atomic E-state index is 12.6. The molecule has 0 saturated heterocycles. The highest BCUT2D eigenvalue weighted by Crippen LogP contribution is 2.40. The van der Waals surface area contributed by atoms with Gasteiger partial charge in [0.05, 0.1) is 17.0 Å². The molecule has 3 rings (SSSR count). The van der Waals surface area contributed by atoms with Gasteiger partial charge in [-0.05, 0) is 54.4 Å². The van der Waals surface area contributed by atoms with Gasteiger partial charge in [0, 0.05) is 22.4 Å². The fourth-order valence-electron chi connectivity index (χ4n) is 3.22. The number of ether oxygens (including phenoxy) is 1. The number of rotatable bonds is 4. The maximum absolute atomic E-state index is 12.6. The van der Waals surface area contributed by atoms with Crippen LogP contribution in [0, 0.1) is 0 Å². The lowest BCUT2D eigenvalue weighted by Gasteiger charge is -2.23. The van der Waals surface area contributed by atoms with Crippen LogP contribution in [-0.2, 0) is 20.2 Å². The van der Waals surface area contributed by atoms with Crippen LogP contribution in [0.15, 0.2) is 35.2 Å². The molecule has 0 saturated carbocycles. The minimum absolute atomic E-state index is 0.0873. The highest BCUT2D eigenvalue weighted by atomic mass is 35.5. The molecule has 0 bridgehead atoms. The zero-order chi connectivity index (χ0) is 21.6. The summed E-state index contributed by atoms with van der Waals surface area (Å²) in [7, 11) is -0.717. The van der Waals surface area contributed by atoms with Gasteiger partial charge in [0.25, 0.3) is 5.91 Å². The highest BCUT2D eigenvalue weighted by molar-refractivity contribution is 7.89. The van der Waals surface area contributed by atoms with Crippen LogP contribution < -0.4 is 14.8 Å². The Morgan fingerprint density at radius 2 is 1.86 bits per heavy atom. The minimum atomic E-state index is -3.63. The van der Waals surface area contributed by atoms with Crippen molar-refractivity contribution in [1.82, 2.24) is 4.72 Å². The third kappa shape index (κ3) is 4.03. The summed E-state index contributed by atoms with van der Waals surface area (Å²) in [5.41, 5.74) is 2.86. The number of amides is 1. The van der Waals surface area contributed by atoms with E-state index >= 15 is 0 Å². The molecule has 2 N–H and O–H groups in total. The van der Waals surface area contributed by atoms with E-state index in [-0.39, 0.29) is 16.2 Å². The van der Waals surface area contributed by atoms with Crippen LogP contribution in [0.1, 0.15) is 37.5 Å². The van der Waals surface area contributed by atoms with Crippen molar-refractivity contribution in [3.63, 3.8) is 0 Å². The molecule has 1 heterocycles. The van der Waals surface area contributed by atoms with Gasteiger partial charge in [-0.1, -0.05) is 32.4 Å². The average Bonchev–Trinajstić information content (AvgIpc) is 2.95. The molecule has 6 nitrogen and oxygen atoms in total. The summed E-state index contributed by atoms with van der Waals surface area (Å²) >= 11 is 6.42. The SMILES string of the molecule is CNS(=O)(=O)c1ccc2c(c1)C(=Cc1cc(Cl)c(OC)c(C(C)(C)C)c1)C(=O)N2. The summed E-state index contributed by atoms with van der Waals surface area (Å²) in [6.45, 7) is 6.14. The van der Waals surface area contributed by atoms with Crippen LogP contribution in [0.5, 0.6) is 5.75 Å². The molecule has 0 aromatic heterocycles. The van der Waals surface area contributed by atoms with Crippen molar-refractivity contribution in [3.8, 4) is 5.75 Å². The number of methoxy groups -OCH3 is 1. The summed E-state index contributed by atoms with van der Waals surface area (Å²) in [5.74, 6) is 0.295. The van der Waals surface area contributed by atoms with E-state index < -0.39 is 10.0 Å². The second kappa shape index (κ2) is 7.48. The second-order valence-electron chi connectivity index (χ2n) is 7.76. The van der Waals surface area contributed by atoms with E-state index in [0.717, 1.165) is 11.1 Å². The molecular formula is C21H23ClN2O4S. The van der Waals surface area contributed by atoms with Gasteiger partial charge in [-0.3, -0.25) is 4.79 Å². The van der Waals surface area contributed by atoms with Crippen LogP contribution in [0.3, 0.4) is 0 Å². The van der Waals surface area contributed by atoms with Crippen molar-refractivity contribution in [3.05, 3.63) is 52.0 Å². The number of hydrogen-bond acceptors (Lipinski definition) is 4. The number of carbonyl (C=O) groups is 1. The van der Waals surface area contributed by atoms with Crippen LogP contribution in [-0.4, -0.2) is 28.5 Å². The highest BCUT2D eigenvalue weighted by Gasteiger charge is 2.27. The zero-order valence-electron chi connectivity index (χ0n) is 16.9. The van der Waals surface area contributed by atoms with Gasteiger partial charge in [0.1, 0.15) is 5.75 Å². The topological polar surface area (TPSA) is 84.5 Å². The molecule has 8 heteroatoms. The molecule has 0 radical (unpaired) electrons. The predicted molar refractivity (Wildman–Crippen MR) is 116 cm³/mol. The molecule has 2 aromatic carbocycles. The molecule has 29 heavy (non-hydrogen) atoms. The molecule has 0 fully saturated rings. The molecule has 1 aliphatic rings. The van der Waals surface area contributed by atoms with Crippen molar-refractivity contribution in [2.24, 2.45) is 0 Å². The fourth-order valence-corrected chi connectivity index (χ4v) is 4.29. The Hall–Kier alpha value is -2.35. The molecule has 0 aliphatic carbocycles. The normalized spacial score (nSPS) is 15.4. The van der Waals surface area contributed by atoms with Crippen LogP contribution in [0.4, 0.5) is 5.69 Å². The summed E-state index contributed by atoms with van der Waals surface area (Å²) in [6, 6.07) is 8.18. The van der Waals surface area contributed by atoms with E-state index in [1.807, 2.05) is 26.8 Å². The molecule has 2 aromatic rings. The lowest BCUT2D eigenvalue weighted by molar-refractivity contribution is -0.110. The second-order valence-corrected chi connectivity index (χ2v) is 10.1. The first-order chi connectivity index (χ1) is 13.5. The number of nitrogens with one attached hydrogen (secondary N) is 2. The molecule has 154 valence electrons. The van der Waals surface area contributed by atoms with E-state index in [4.69, 9.17) is 16.3 Å². The van der Waals surface area contributed by atoms with Crippen LogP contribution >= 0.6 is 11.6 Å². The van der Waals surface area contributed by atoms with E-state index in [1.54, 1.807) is 25.3 Å². The van der Waals surface area contributed by atoms with Gasteiger partial charge < -0.3 is 10.1 Å². The van der Waals surface area contributed by atoms with Crippen LogP contribution in [0.25, 0.3) is 11.6 Å². The molecular weight excluding hydrogens is 412 g/mol. The third-order valence-electron chi connectivity index (χ3n) is 4.74. The standard InChI is InChI=1S/C21H23ClN2O4S/c1-21(2,3)16-9-12(10-17(22)19(16)28-5)8-15-14-11-13(29(26,27)23-4)6-7-18(14)24-20(15)25/h6-11,23H,1-5H3,(H,24,25). The Morgan fingerprint density at radius 1 is 1.17 bits per heavy atom. The maximum Gasteiger partial charge on any atom is 0.256 e. The lowest BCUT2D eigenvalue weighted by atomic mass is 9.85. The van der Waals surface area contributed by atoms with Crippen molar-refractivity contribution >= 4 is 44.9 Å². The number of fused-ring (bicyclic) bond motifs is 1. The lowest BCUT2D eigenvalue weighted by Crippen LogP contribution is -2.18. The number of hydrogen-bond donors (Lipinski definition) is 2. The van der Waals surface area contributed by atoms with Gasteiger partial charge in [-0.15, -0.1) is 0 Å². The van der Waals surface area contributed by atoms with Gasteiger partial charge in [0.15, 0.2) is 0 Å². The Labute approximate surface area is 176 Å². The Balaban J connectivity index is 2.17. The minimum Gasteiger partial charge on any atom is -0.495 e. The van der Waals surface area contributed by atoms with E-state index in [2.05, 4.69) is 10.0 Å². The van der Waals surface area contributed by atoms with Gasteiger partial charge in [0.2, 0.25) is 10.0 Å². The summed E-state index contributed by atoms with van der Waals surface area (Å²) in [6.07, 6.45) is 1.71. The monoisotopic (exact) mass is 434 g/mol. The molecule has 1 aliphatic heterocycles. The Morgan fingerprint density at radius 3 is 2.45 bits per heavy atom. The number of benzene rings is 2. The number of halogens is 1. The molecule has 0 unspecified atom stereocenters. The first-order valence-corrected chi connectivity index (χ1v) is 10.8. The van der Waals surface area contributed by atoms with E-state index in [1.165, 1.54) is 19.2 Å². The first kappa shape index (κ1) is 21.4. The van der Waals surface area contributed by atoms with Gasteiger partial charge in [-0.2, -0.15) is 0 Å². The Bertz CT molecular complexity index is 1130. The summed E-state index contributed by atoms with van der Waals surface area (Å²) in [5, 5.41) is 3.21. The van der Waals surface area contributed by atoms with Crippen molar-refractivity contribution in [1.29, 1.82) is 0 Å². The van der Waals surface area contributed by atoms with Gasteiger partial charge in [-0.25, -0.2) is 13.1 Å². The zero-order valence-corrected chi connectivity index (χ0v) is 18.5. The first-order valence-electron chi connectivity index (χ1n) is 8.97. The van der Waals surface area contributed by atoms with Crippen molar-refractivity contribution in [2.75, 3.05) is 19.5 Å². The molecule has 0 atom stereocenters. The number of sulfonamides is 1. The number of carbonyl (C=O) groups excluding carboxylic acids is 1. The van der Waals surface area contributed by atoms with Crippen molar-refractivity contribution < 1.29 is 17.9 Å². The third-order valence-corrected chi connectivity index (χ3v) is 6.43. The molecule has 0 spiro atoms. The van der Waals surface area contributed by atoms with Crippen LogP contribution in [0.2, 0.25) is 5.02 Å². The van der Waals surface area contributed by atoms with Crippen molar-refractivity contribution in [2.45, 2.75) is 31.1 Å². The Kier molecular flexibility index (Phi) is 5.51. The summed E-state index contributed by atoms with van der Waals surface area (Å²) < 4.78 is 32.1. The van der Waals surface area contributed by atoms with E-state index in [0.29, 0.717) is 27.6 Å². The summed E-state index contributed by atoms with van der Waals surface area (Å²) in [4.78, 5) is 12.6. The largest absolute Gasteiger partial charge is 0.495 e. The average molecular weight is 435 g/mol. The smallest absolute Gasteiger partial charge is 0.256 e. The quantitative estimate of drug-likeness (QED) is 0.711. The number of anilines is 1. The fraction of sp³-hybridized carbons (Fsp3) is 0.286. The van der Waals surface area contributed by atoms with Gasteiger partial charge >= 0.3 is 0 Å². The van der Waals surface area contributed by atoms with E-state index in [9.17, 15) is 13.2 Å². The predicted octanol–water partition coefficient (Wildman–Crippen LogP) is 4.05.